The number of rotatable bonds is 7. The highest BCUT2D eigenvalue weighted by Gasteiger charge is 2.07. The van der Waals surface area contributed by atoms with Crippen LogP contribution in [-0.2, 0) is 6.54 Å². The predicted molar refractivity (Wildman–Crippen MR) is 66.0 cm³/mol. The summed E-state index contributed by atoms with van der Waals surface area (Å²) in [7, 11) is 0. The summed E-state index contributed by atoms with van der Waals surface area (Å²) in [6.45, 7) is 4.32. The van der Waals surface area contributed by atoms with Gasteiger partial charge in [0.1, 0.15) is 5.75 Å². The van der Waals surface area contributed by atoms with Crippen molar-refractivity contribution in [3.05, 3.63) is 28.8 Å². The van der Waals surface area contributed by atoms with Gasteiger partial charge in [0.25, 0.3) is 0 Å². The molecule has 0 aromatic heterocycles. The van der Waals surface area contributed by atoms with E-state index in [1.54, 1.807) is 0 Å². The maximum Gasteiger partial charge on any atom is 0.142 e. The second-order valence-corrected chi connectivity index (χ2v) is 3.84. The van der Waals surface area contributed by atoms with Gasteiger partial charge in [-0.05, 0) is 12.6 Å². The fraction of sp³-hybridized carbons (Fsp3) is 0.500. The van der Waals surface area contributed by atoms with Gasteiger partial charge in [0.15, 0.2) is 0 Å². The molecule has 0 unspecified atom stereocenters. The summed E-state index contributed by atoms with van der Waals surface area (Å²) < 4.78 is 5.57. The number of halogens is 1. The zero-order chi connectivity index (χ0) is 11.8. The number of aliphatic hydroxyl groups is 1. The molecule has 0 aliphatic carbocycles. The smallest absolute Gasteiger partial charge is 0.142 e. The summed E-state index contributed by atoms with van der Waals surface area (Å²) in [5.41, 5.74) is 1.05. The molecule has 1 aromatic rings. The third-order valence-corrected chi connectivity index (χ3v) is 2.46. The Morgan fingerprint density at radius 1 is 1.44 bits per heavy atom. The van der Waals surface area contributed by atoms with Crippen LogP contribution in [0.4, 0.5) is 0 Å². The van der Waals surface area contributed by atoms with Crippen molar-refractivity contribution < 1.29 is 9.84 Å². The highest BCUT2D eigenvalue weighted by atomic mass is 35.5. The van der Waals surface area contributed by atoms with Crippen molar-refractivity contribution in [1.29, 1.82) is 0 Å². The molecule has 90 valence electrons. The normalized spacial score (nSPS) is 10.4. The molecule has 0 atom stereocenters. The Hall–Kier alpha value is -0.770. The van der Waals surface area contributed by atoms with Crippen LogP contribution in [0.2, 0.25) is 5.02 Å². The minimum atomic E-state index is 0.132. The van der Waals surface area contributed by atoms with Gasteiger partial charge in [-0.2, -0.15) is 0 Å². The molecule has 0 bridgehead atoms. The molecule has 1 rings (SSSR count). The fourth-order valence-corrected chi connectivity index (χ4v) is 1.60. The van der Waals surface area contributed by atoms with Crippen molar-refractivity contribution in [3.63, 3.8) is 0 Å². The lowest BCUT2D eigenvalue weighted by Gasteiger charge is -2.13. The quantitative estimate of drug-likeness (QED) is 0.722. The van der Waals surface area contributed by atoms with Crippen molar-refractivity contribution in [2.45, 2.75) is 19.9 Å². The van der Waals surface area contributed by atoms with Crippen LogP contribution in [0, 0.1) is 0 Å². The third kappa shape index (κ3) is 4.00. The van der Waals surface area contributed by atoms with E-state index in [2.05, 4.69) is 12.2 Å². The van der Waals surface area contributed by atoms with Gasteiger partial charge in [-0.1, -0.05) is 30.7 Å². The number of hydrogen-bond acceptors (Lipinski definition) is 3. The van der Waals surface area contributed by atoms with Crippen LogP contribution in [0.15, 0.2) is 18.2 Å². The molecule has 0 aliphatic rings. The average molecular weight is 244 g/mol. The first kappa shape index (κ1) is 13.3. The van der Waals surface area contributed by atoms with Crippen molar-refractivity contribution in [2.24, 2.45) is 0 Å². The van der Waals surface area contributed by atoms with E-state index in [1.807, 2.05) is 18.2 Å². The van der Waals surface area contributed by atoms with E-state index in [0.29, 0.717) is 18.1 Å². The molecule has 16 heavy (non-hydrogen) atoms. The molecule has 0 radical (unpaired) electrons. The van der Waals surface area contributed by atoms with Crippen molar-refractivity contribution in [3.8, 4) is 5.75 Å². The van der Waals surface area contributed by atoms with Gasteiger partial charge in [-0.25, -0.2) is 0 Å². The van der Waals surface area contributed by atoms with Crippen LogP contribution in [0.25, 0.3) is 0 Å². The highest BCUT2D eigenvalue weighted by molar-refractivity contribution is 6.32. The van der Waals surface area contributed by atoms with Gasteiger partial charge in [-0.15, -0.1) is 0 Å². The first-order valence-corrected chi connectivity index (χ1v) is 5.89. The van der Waals surface area contributed by atoms with Gasteiger partial charge < -0.3 is 15.2 Å². The Morgan fingerprint density at radius 2 is 2.25 bits per heavy atom. The number of aliphatic hydroxyl groups excluding tert-OH is 1. The second kappa shape index (κ2) is 7.49. The van der Waals surface area contributed by atoms with Gasteiger partial charge in [0.05, 0.1) is 11.6 Å². The first-order valence-electron chi connectivity index (χ1n) is 5.51. The lowest BCUT2D eigenvalue weighted by Crippen LogP contribution is -2.13. The summed E-state index contributed by atoms with van der Waals surface area (Å²) in [5, 5.41) is 12.6. The van der Waals surface area contributed by atoms with Gasteiger partial charge >= 0.3 is 0 Å². The molecular formula is C12H18ClNO2. The zero-order valence-corrected chi connectivity index (χ0v) is 10.3. The van der Waals surface area contributed by atoms with E-state index >= 15 is 0 Å². The summed E-state index contributed by atoms with van der Waals surface area (Å²) in [6.07, 6.45) is 0.617. The van der Waals surface area contributed by atoms with Crippen LogP contribution in [0.5, 0.6) is 5.75 Å². The minimum absolute atomic E-state index is 0.132. The molecule has 0 amide bonds. The maximum atomic E-state index is 8.70. The van der Waals surface area contributed by atoms with Crippen molar-refractivity contribution >= 4 is 11.6 Å². The molecule has 0 spiro atoms. The average Bonchev–Trinajstić information content (AvgIpc) is 2.29. The molecule has 0 aliphatic heterocycles. The van der Waals surface area contributed by atoms with E-state index in [9.17, 15) is 0 Å². The maximum absolute atomic E-state index is 8.70. The van der Waals surface area contributed by atoms with Crippen LogP contribution in [0.3, 0.4) is 0 Å². The highest BCUT2D eigenvalue weighted by Crippen LogP contribution is 2.28. The Balaban J connectivity index is 2.69. The number of ether oxygens (including phenoxy) is 1. The molecular weight excluding hydrogens is 226 g/mol. The van der Waals surface area contributed by atoms with Crippen LogP contribution >= 0.6 is 11.6 Å². The summed E-state index contributed by atoms with van der Waals surface area (Å²) in [4.78, 5) is 0. The summed E-state index contributed by atoms with van der Waals surface area (Å²) in [6, 6.07) is 5.71. The van der Waals surface area contributed by atoms with Gasteiger partial charge in [0, 0.05) is 25.1 Å². The molecule has 0 fully saturated rings. The molecule has 4 heteroatoms. The molecule has 1 aromatic carbocycles. The van der Waals surface area contributed by atoms with Gasteiger partial charge in [0.2, 0.25) is 0 Å². The van der Waals surface area contributed by atoms with Crippen molar-refractivity contribution in [1.82, 2.24) is 5.32 Å². The lowest BCUT2D eigenvalue weighted by atomic mass is 10.2. The molecule has 2 N–H and O–H groups in total. The zero-order valence-electron chi connectivity index (χ0n) is 9.50. The van der Waals surface area contributed by atoms with E-state index in [4.69, 9.17) is 21.4 Å². The van der Waals surface area contributed by atoms with Gasteiger partial charge in [-0.3, -0.25) is 0 Å². The van der Waals surface area contributed by atoms with Crippen LogP contribution < -0.4 is 10.1 Å². The molecule has 0 saturated heterocycles. The second-order valence-electron chi connectivity index (χ2n) is 3.43. The Bertz CT molecular complexity index is 318. The van der Waals surface area contributed by atoms with Crippen LogP contribution in [0.1, 0.15) is 18.9 Å². The van der Waals surface area contributed by atoms with E-state index in [-0.39, 0.29) is 6.61 Å². The molecule has 0 saturated carbocycles. The van der Waals surface area contributed by atoms with E-state index < -0.39 is 0 Å². The predicted octanol–water partition coefficient (Wildman–Crippen LogP) is 2.21. The number of para-hydroxylation sites is 1. The number of nitrogens with one attached hydrogen (secondary N) is 1. The summed E-state index contributed by atoms with van der Waals surface area (Å²) >= 11 is 6.07. The number of hydrogen-bond donors (Lipinski definition) is 2. The monoisotopic (exact) mass is 243 g/mol. The Morgan fingerprint density at radius 3 is 2.94 bits per heavy atom. The van der Waals surface area contributed by atoms with E-state index in [1.165, 1.54) is 0 Å². The summed E-state index contributed by atoms with van der Waals surface area (Å²) in [5.74, 6) is 0.721. The van der Waals surface area contributed by atoms with Crippen LogP contribution in [-0.4, -0.2) is 24.9 Å². The SMILES string of the molecule is CCNCc1cccc(Cl)c1OCCCO. The molecule has 0 heterocycles. The number of benzene rings is 1. The fourth-order valence-electron chi connectivity index (χ4n) is 1.35. The van der Waals surface area contributed by atoms with E-state index in [0.717, 1.165) is 24.4 Å². The standard InChI is InChI=1S/C12H18ClNO2/c1-2-14-9-10-5-3-6-11(13)12(10)16-8-4-7-15/h3,5-6,14-15H,2,4,7-9H2,1H3. The third-order valence-electron chi connectivity index (χ3n) is 2.16. The Kier molecular flexibility index (Phi) is 6.23. The first-order chi connectivity index (χ1) is 7.79. The topological polar surface area (TPSA) is 41.5 Å². The Labute approximate surface area is 101 Å². The van der Waals surface area contributed by atoms with Crippen molar-refractivity contribution in [2.75, 3.05) is 19.8 Å². The molecule has 3 nitrogen and oxygen atoms in total. The minimum Gasteiger partial charge on any atom is -0.492 e. The largest absolute Gasteiger partial charge is 0.492 e. The lowest BCUT2D eigenvalue weighted by molar-refractivity contribution is 0.232.